The summed E-state index contributed by atoms with van der Waals surface area (Å²) < 4.78 is 4.98. The second-order valence-corrected chi connectivity index (χ2v) is 4.72. The molecule has 0 saturated heterocycles. The molecule has 0 fully saturated rings. The first kappa shape index (κ1) is 15.8. The van der Waals surface area contributed by atoms with E-state index in [1.807, 2.05) is 7.05 Å². The van der Waals surface area contributed by atoms with Crippen LogP contribution in [0.15, 0.2) is 18.2 Å². The Morgan fingerprint density at radius 3 is 2.89 bits per heavy atom. The lowest BCUT2D eigenvalue weighted by molar-refractivity contribution is 0.0948. The van der Waals surface area contributed by atoms with E-state index in [4.69, 9.17) is 22.1 Å². The minimum atomic E-state index is -0.208. The molecule has 1 aromatic carbocycles. The highest BCUT2D eigenvalue weighted by atomic mass is 35.5. The topological polar surface area (TPSA) is 67.6 Å². The predicted octanol–water partition coefficient (Wildman–Crippen LogP) is 1.23. The van der Waals surface area contributed by atoms with Gasteiger partial charge >= 0.3 is 0 Å². The molecule has 106 valence electrons. The highest BCUT2D eigenvalue weighted by molar-refractivity contribution is 6.31. The zero-order valence-corrected chi connectivity index (χ0v) is 12.0. The lowest BCUT2D eigenvalue weighted by Crippen LogP contribution is -2.34. The van der Waals surface area contributed by atoms with Crippen molar-refractivity contribution in [3.05, 3.63) is 28.8 Å². The van der Waals surface area contributed by atoms with E-state index < -0.39 is 0 Å². The van der Waals surface area contributed by atoms with Crippen molar-refractivity contribution in [2.24, 2.45) is 0 Å². The van der Waals surface area contributed by atoms with E-state index in [9.17, 15) is 4.79 Å². The van der Waals surface area contributed by atoms with Gasteiger partial charge in [-0.3, -0.25) is 4.79 Å². The molecule has 0 aliphatic heterocycles. The quantitative estimate of drug-likeness (QED) is 0.740. The van der Waals surface area contributed by atoms with Crippen LogP contribution in [0.5, 0.6) is 0 Å². The van der Waals surface area contributed by atoms with Crippen LogP contribution < -0.4 is 11.1 Å². The maximum absolute atomic E-state index is 11.9. The van der Waals surface area contributed by atoms with E-state index in [0.29, 0.717) is 29.4 Å². The molecule has 19 heavy (non-hydrogen) atoms. The van der Waals surface area contributed by atoms with Gasteiger partial charge in [0.15, 0.2) is 0 Å². The van der Waals surface area contributed by atoms with Crippen molar-refractivity contribution in [2.45, 2.75) is 0 Å². The number of nitrogen functional groups attached to an aromatic ring is 1. The molecule has 3 N–H and O–H groups in total. The summed E-state index contributed by atoms with van der Waals surface area (Å²) in [5, 5.41) is 3.31. The fraction of sp³-hybridized carbons (Fsp3) is 0.462. The van der Waals surface area contributed by atoms with Crippen molar-refractivity contribution < 1.29 is 9.53 Å². The van der Waals surface area contributed by atoms with E-state index in [1.165, 1.54) is 0 Å². The van der Waals surface area contributed by atoms with Gasteiger partial charge in [-0.15, -0.1) is 0 Å². The first-order valence-corrected chi connectivity index (χ1v) is 6.43. The van der Waals surface area contributed by atoms with Crippen LogP contribution in [0.1, 0.15) is 10.4 Å². The van der Waals surface area contributed by atoms with Crippen LogP contribution in [-0.4, -0.2) is 51.2 Å². The number of nitrogens with zero attached hydrogens (tertiary/aromatic N) is 1. The number of hydrogen-bond acceptors (Lipinski definition) is 4. The zero-order chi connectivity index (χ0) is 14.3. The monoisotopic (exact) mass is 285 g/mol. The molecule has 0 heterocycles. The average Bonchev–Trinajstić information content (AvgIpc) is 2.39. The van der Waals surface area contributed by atoms with Gasteiger partial charge < -0.3 is 20.7 Å². The second kappa shape index (κ2) is 7.99. The number of amides is 1. The summed E-state index contributed by atoms with van der Waals surface area (Å²) in [6.45, 7) is 2.79. The summed E-state index contributed by atoms with van der Waals surface area (Å²) >= 11 is 5.84. The van der Waals surface area contributed by atoms with Crippen LogP contribution in [0.25, 0.3) is 0 Å². The number of rotatable bonds is 7. The fourth-order valence-electron chi connectivity index (χ4n) is 1.54. The number of ether oxygens (including phenoxy) is 1. The number of nitrogens with two attached hydrogens (primary N) is 1. The number of carbonyl (C=O) groups is 1. The highest BCUT2D eigenvalue weighted by Crippen LogP contribution is 2.17. The maximum Gasteiger partial charge on any atom is 0.253 e. The number of hydrogen-bond donors (Lipinski definition) is 2. The summed E-state index contributed by atoms with van der Waals surface area (Å²) in [5.41, 5.74) is 6.58. The Balaban J connectivity index is 2.41. The van der Waals surface area contributed by atoms with E-state index in [2.05, 4.69) is 10.2 Å². The SMILES string of the molecule is COCCN(C)CCNC(=O)c1cc(Cl)ccc1N. The Labute approximate surface area is 118 Å². The van der Waals surface area contributed by atoms with Crippen molar-refractivity contribution in [3.63, 3.8) is 0 Å². The minimum absolute atomic E-state index is 0.208. The van der Waals surface area contributed by atoms with Gasteiger partial charge in [-0.1, -0.05) is 11.6 Å². The number of anilines is 1. The fourth-order valence-corrected chi connectivity index (χ4v) is 1.71. The zero-order valence-electron chi connectivity index (χ0n) is 11.3. The maximum atomic E-state index is 11.9. The van der Waals surface area contributed by atoms with Crippen molar-refractivity contribution in [1.29, 1.82) is 0 Å². The Morgan fingerprint density at radius 2 is 2.21 bits per heavy atom. The van der Waals surface area contributed by atoms with Crippen LogP contribution in [0, 0.1) is 0 Å². The standard InChI is InChI=1S/C13H20ClN3O2/c1-17(7-8-19-2)6-5-16-13(18)11-9-10(14)3-4-12(11)15/h3-4,9H,5-8,15H2,1-2H3,(H,16,18). The van der Waals surface area contributed by atoms with E-state index in [-0.39, 0.29) is 5.91 Å². The molecule has 5 nitrogen and oxygen atoms in total. The van der Waals surface area contributed by atoms with Crippen molar-refractivity contribution in [3.8, 4) is 0 Å². The molecule has 0 bridgehead atoms. The largest absolute Gasteiger partial charge is 0.398 e. The molecule has 0 aromatic heterocycles. The number of likely N-dealkylation sites (N-methyl/N-ethyl adjacent to an activating group) is 1. The highest BCUT2D eigenvalue weighted by Gasteiger charge is 2.10. The lowest BCUT2D eigenvalue weighted by Gasteiger charge is -2.16. The molecular formula is C13H20ClN3O2. The summed E-state index contributed by atoms with van der Waals surface area (Å²) in [7, 11) is 3.64. The smallest absolute Gasteiger partial charge is 0.253 e. The van der Waals surface area contributed by atoms with Crippen molar-refractivity contribution >= 4 is 23.2 Å². The third-order valence-corrected chi connectivity index (χ3v) is 2.95. The van der Waals surface area contributed by atoms with Gasteiger partial charge in [-0.05, 0) is 25.2 Å². The summed E-state index contributed by atoms with van der Waals surface area (Å²) in [4.78, 5) is 14.0. The molecule has 0 unspecified atom stereocenters. The number of methoxy groups -OCH3 is 1. The van der Waals surface area contributed by atoms with Gasteiger partial charge in [-0.2, -0.15) is 0 Å². The molecule has 1 amide bonds. The molecule has 0 spiro atoms. The normalized spacial score (nSPS) is 10.7. The van der Waals surface area contributed by atoms with Crippen LogP contribution in [0.4, 0.5) is 5.69 Å². The first-order valence-electron chi connectivity index (χ1n) is 6.05. The number of benzene rings is 1. The van der Waals surface area contributed by atoms with Crippen molar-refractivity contribution in [1.82, 2.24) is 10.2 Å². The molecule has 1 aromatic rings. The summed E-state index contributed by atoms with van der Waals surface area (Å²) in [6.07, 6.45) is 0. The number of halogens is 1. The third kappa shape index (κ3) is 5.46. The molecule has 0 aliphatic rings. The van der Waals surface area contributed by atoms with Crippen LogP contribution >= 0.6 is 11.6 Å². The molecule has 6 heteroatoms. The lowest BCUT2D eigenvalue weighted by atomic mass is 10.1. The Bertz CT molecular complexity index is 426. The van der Waals surface area contributed by atoms with Gasteiger partial charge in [-0.25, -0.2) is 0 Å². The average molecular weight is 286 g/mol. The molecular weight excluding hydrogens is 266 g/mol. The van der Waals surface area contributed by atoms with Crippen LogP contribution in [0.3, 0.4) is 0 Å². The summed E-state index contributed by atoms with van der Waals surface area (Å²) in [5.74, 6) is -0.208. The van der Waals surface area contributed by atoms with E-state index in [1.54, 1.807) is 25.3 Å². The van der Waals surface area contributed by atoms with Gasteiger partial charge in [0.1, 0.15) is 0 Å². The molecule has 0 aliphatic carbocycles. The van der Waals surface area contributed by atoms with E-state index in [0.717, 1.165) is 13.1 Å². The van der Waals surface area contributed by atoms with Crippen molar-refractivity contribution in [2.75, 3.05) is 46.1 Å². The number of nitrogens with one attached hydrogen (secondary N) is 1. The Kier molecular flexibility index (Phi) is 6.62. The molecule has 0 atom stereocenters. The predicted molar refractivity (Wildman–Crippen MR) is 77.6 cm³/mol. The third-order valence-electron chi connectivity index (χ3n) is 2.72. The Hall–Kier alpha value is -1.30. The summed E-state index contributed by atoms with van der Waals surface area (Å²) in [6, 6.07) is 4.86. The van der Waals surface area contributed by atoms with Crippen LogP contribution in [-0.2, 0) is 4.74 Å². The van der Waals surface area contributed by atoms with Gasteiger partial charge in [0, 0.05) is 37.5 Å². The molecule has 0 saturated carbocycles. The first-order chi connectivity index (χ1) is 9.04. The number of carbonyl (C=O) groups excluding carboxylic acids is 1. The van der Waals surface area contributed by atoms with E-state index >= 15 is 0 Å². The van der Waals surface area contributed by atoms with Crippen LogP contribution in [0.2, 0.25) is 5.02 Å². The second-order valence-electron chi connectivity index (χ2n) is 4.28. The Morgan fingerprint density at radius 1 is 1.47 bits per heavy atom. The van der Waals surface area contributed by atoms with Gasteiger partial charge in [0.05, 0.1) is 12.2 Å². The minimum Gasteiger partial charge on any atom is -0.398 e. The van der Waals surface area contributed by atoms with Gasteiger partial charge in [0.2, 0.25) is 0 Å². The molecule has 1 rings (SSSR count). The molecule has 0 radical (unpaired) electrons. The van der Waals surface area contributed by atoms with Gasteiger partial charge in [0.25, 0.3) is 5.91 Å².